The fourth-order valence-electron chi connectivity index (χ4n) is 3.43. The SMILES string of the molecule is Cc1cc(C)c(S(=O)(=O)N2CC[NH+](C[C@H](C)C#N)CC2)c(C)c1. The summed E-state index contributed by atoms with van der Waals surface area (Å²) in [7, 11) is -3.44. The van der Waals surface area contributed by atoms with Crippen LogP contribution in [0.15, 0.2) is 17.0 Å². The molecular weight excluding hydrogens is 310 g/mol. The Morgan fingerprint density at radius 2 is 1.74 bits per heavy atom. The number of piperazine rings is 1. The lowest BCUT2D eigenvalue weighted by Gasteiger charge is -2.32. The van der Waals surface area contributed by atoms with Crippen molar-refractivity contribution in [2.75, 3.05) is 32.7 Å². The summed E-state index contributed by atoms with van der Waals surface area (Å²) >= 11 is 0. The van der Waals surface area contributed by atoms with E-state index in [2.05, 4.69) is 6.07 Å². The molecule has 0 saturated carbocycles. The average molecular weight is 336 g/mol. The van der Waals surface area contributed by atoms with E-state index in [1.807, 2.05) is 39.8 Å². The van der Waals surface area contributed by atoms with E-state index in [0.29, 0.717) is 18.0 Å². The van der Waals surface area contributed by atoms with Gasteiger partial charge in [0.05, 0.1) is 49.6 Å². The lowest BCUT2D eigenvalue weighted by molar-refractivity contribution is -0.905. The Kier molecular flexibility index (Phi) is 5.45. The van der Waals surface area contributed by atoms with Gasteiger partial charge in [-0.1, -0.05) is 17.7 Å². The molecule has 1 N–H and O–H groups in total. The Balaban J connectivity index is 2.16. The predicted molar refractivity (Wildman–Crippen MR) is 89.8 cm³/mol. The molecule has 1 atom stereocenters. The van der Waals surface area contributed by atoms with E-state index in [1.54, 1.807) is 4.31 Å². The molecule has 6 heteroatoms. The second-order valence-electron chi connectivity index (χ2n) is 6.62. The highest BCUT2D eigenvalue weighted by molar-refractivity contribution is 7.89. The maximum atomic E-state index is 13.0. The molecule has 0 unspecified atom stereocenters. The van der Waals surface area contributed by atoms with Crippen molar-refractivity contribution < 1.29 is 13.3 Å². The molecule has 1 aromatic rings. The Bertz CT molecular complexity index is 691. The lowest BCUT2D eigenvalue weighted by Crippen LogP contribution is -3.15. The first-order valence-corrected chi connectivity index (χ1v) is 9.51. The summed E-state index contributed by atoms with van der Waals surface area (Å²) < 4.78 is 27.6. The average Bonchev–Trinajstić information content (AvgIpc) is 2.46. The number of aryl methyl sites for hydroxylation is 3. The van der Waals surface area contributed by atoms with Gasteiger partial charge in [0, 0.05) is 0 Å². The van der Waals surface area contributed by atoms with Crippen LogP contribution >= 0.6 is 0 Å². The summed E-state index contributed by atoms with van der Waals surface area (Å²) in [6.07, 6.45) is 0. The summed E-state index contributed by atoms with van der Waals surface area (Å²) in [4.78, 5) is 1.76. The highest BCUT2D eigenvalue weighted by atomic mass is 32.2. The van der Waals surface area contributed by atoms with Crippen LogP contribution in [0.2, 0.25) is 0 Å². The summed E-state index contributed by atoms with van der Waals surface area (Å²) in [6.45, 7) is 11.0. The van der Waals surface area contributed by atoms with Crippen molar-refractivity contribution in [3.8, 4) is 6.07 Å². The second-order valence-corrected chi connectivity index (χ2v) is 8.49. The molecule has 0 bridgehead atoms. The van der Waals surface area contributed by atoms with Crippen LogP contribution in [0.1, 0.15) is 23.6 Å². The van der Waals surface area contributed by atoms with Gasteiger partial charge in [-0.2, -0.15) is 9.57 Å². The zero-order chi connectivity index (χ0) is 17.2. The van der Waals surface area contributed by atoms with Gasteiger partial charge in [-0.15, -0.1) is 0 Å². The van der Waals surface area contributed by atoms with Crippen LogP contribution in [0, 0.1) is 38.0 Å². The molecule has 1 saturated heterocycles. The number of nitriles is 1. The van der Waals surface area contributed by atoms with Crippen molar-refractivity contribution in [1.82, 2.24) is 4.31 Å². The van der Waals surface area contributed by atoms with Gasteiger partial charge < -0.3 is 4.90 Å². The third-order valence-corrected chi connectivity index (χ3v) is 6.65. The van der Waals surface area contributed by atoms with E-state index in [0.717, 1.165) is 36.3 Å². The Labute approximate surface area is 139 Å². The number of benzene rings is 1. The standard InChI is InChI=1S/C17H25N3O2S/c1-13-9-15(3)17(16(4)10-13)23(21,22)20-7-5-19(6-8-20)12-14(2)11-18/h9-10,14H,5-8,12H2,1-4H3/p+1/t14-/m1/s1. The van der Waals surface area contributed by atoms with Crippen molar-refractivity contribution in [1.29, 1.82) is 5.26 Å². The lowest BCUT2D eigenvalue weighted by atomic mass is 10.1. The van der Waals surface area contributed by atoms with Gasteiger partial charge in [0.2, 0.25) is 10.0 Å². The van der Waals surface area contributed by atoms with E-state index >= 15 is 0 Å². The van der Waals surface area contributed by atoms with Gasteiger partial charge in [-0.25, -0.2) is 8.42 Å². The van der Waals surface area contributed by atoms with Crippen molar-refractivity contribution in [3.63, 3.8) is 0 Å². The molecule has 126 valence electrons. The van der Waals surface area contributed by atoms with Gasteiger partial charge in [-0.3, -0.25) is 0 Å². The highest BCUT2D eigenvalue weighted by Crippen LogP contribution is 2.25. The number of nitrogens with one attached hydrogen (secondary N) is 1. The van der Waals surface area contributed by atoms with Crippen LogP contribution in [-0.4, -0.2) is 45.4 Å². The smallest absolute Gasteiger partial charge is 0.244 e. The fourth-order valence-corrected chi connectivity index (χ4v) is 5.28. The first-order chi connectivity index (χ1) is 10.8. The van der Waals surface area contributed by atoms with E-state index in [-0.39, 0.29) is 5.92 Å². The van der Waals surface area contributed by atoms with Gasteiger partial charge in [0.1, 0.15) is 0 Å². The second kappa shape index (κ2) is 7.00. The van der Waals surface area contributed by atoms with Crippen LogP contribution in [0.4, 0.5) is 0 Å². The molecule has 1 fully saturated rings. The molecule has 5 nitrogen and oxygen atoms in total. The number of nitrogens with zero attached hydrogens (tertiary/aromatic N) is 2. The van der Waals surface area contributed by atoms with E-state index < -0.39 is 10.0 Å². The number of hydrogen-bond acceptors (Lipinski definition) is 3. The van der Waals surface area contributed by atoms with E-state index in [4.69, 9.17) is 5.26 Å². The predicted octanol–water partition coefficient (Wildman–Crippen LogP) is 0.661. The summed E-state index contributed by atoms with van der Waals surface area (Å²) in [6, 6.07) is 6.10. The molecule has 1 aliphatic heterocycles. The number of sulfonamides is 1. The number of rotatable bonds is 4. The quantitative estimate of drug-likeness (QED) is 0.878. The van der Waals surface area contributed by atoms with Gasteiger partial charge in [-0.05, 0) is 38.8 Å². The maximum absolute atomic E-state index is 13.0. The Morgan fingerprint density at radius 1 is 1.22 bits per heavy atom. The molecule has 0 radical (unpaired) electrons. The minimum Gasteiger partial charge on any atom is -0.332 e. The maximum Gasteiger partial charge on any atom is 0.244 e. The third kappa shape index (κ3) is 3.92. The fraction of sp³-hybridized carbons (Fsp3) is 0.588. The first kappa shape index (κ1) is 17.9. The van der Waals surface area contributed by atoms with Crippen LogP contribution in [0.3, 0.4) is 0 Å². The summed E-state index contributed by atoms with van der Waals surface area (Å²) in [5.41, 5.74) is 2.71. The zero-order valence-electron chi connectivity index (χ0n) is 14.4. The molecule has 1 aliphatic rings. The highest BCUT2D eigenvalue weighted by Gasteiger charge is 2.32. The molecule has 23 heavy (non-hydrogen) atoms. The van der Waals surface area contributed by atoms with E-state index in [1.165, 1.54) is 4.90 Å². The molecule has 0 aromatic heterocycles. The van der Waals surface area contributed by atoms with Gasteiger partial charge >= 0.3 is 0 Å². The topological polar surface area (TPSA) is 65.6 Å². The van der Waals surface area contributed by atoms with Crippen molar-refractivity contribution in [2.24, 2.45) is 5.92 Å². The molecular formula is C17H26N3O2S+. The van der Waals surface area contributed by atoms with Crippen molar-refractivity contribution in [2.45, 2.75) is 32.6 Å². The van der Waals surface area contributed by atoms with Crippen molar-refractivity contribution in [3.05, 3.63) is 28.8 Å². The summed E-state index contributed by atoms with van der Waals surface area (Å²) in [5, 5.41) is 8.91. The Hall–Kier alpha value is -1.42. The summed E-state index contributed by atoms with van der Waals surface area (Å²) in [5.74, 6) is 0.00902. The van der Waals surface area contributed by atoms with Crippen LogP contribution in [0.5, 0.6) is 0 Å². The minimum atomic E-state index is -3.44. The molecule has 2 rings (SSSR count). The minimum absolute atomic E-state index is 0.00902. The van der Waals surface area contributed by atoms with Gasteiger partial charge in [0.25, 0.3) is 0 Å². The van der Waals surface area contributed by atoms with Crippen molar-refractivity contribution >= 4 is 10.0 Å². The number of hydrogen-bond donors (Lipinski definition) is 1. The molecule has 1 aromatic carbocycles. The normalized spacial score (nSPS) is 18.6. The zero-order valence-corrected chi connectivity index (χ0v) is 15.2. The molecule has 0 amide bonds. The third-order valence-electron chi connectivity index (χ3n) is 4.45. The largest absolute Gasteiger partial charge is 0.332 e. The molecule has 0 spiro atoms. The van der Waals surface area contributed by atoms with Crippen LogP contribution < -0.4 is 4.90 Å². The first-order valence-electron chi connectivity index (χ1n) is 8.07. The van der Waals surface area contributed by atoms with Crippen LogP contribution in [0.25, 0.3) is 0 Å². The molecule has 1 heterocycles. The van der Waals surface area contributed by atoms with Gasteiger partial charge in [0.15, 0.2) is 0 Å². The molecule has 0 aliphatic carbocycles. The Morgan fingerprint density at radius 3 is 2.22 bits per heavy atom. The van der Waals surface area contributed by atoms with Crippen LogP contribution in [-0.2, 0) is 10.0 Å². The number of quaternary nitrogens is 1. The van der Waals surface area contributed by atoms with E-state index in [9.17, 15) is 8.42 Å². The monoisotopic (exact) mass is 336 g/mol.